The van der Waals surface area contributed by atoms with Gasteiger partial charge >= 0.3 is 0 Å². The molecule has 0 unspecified atom stereocenters. The van der Waals surface area contributed by atoms with Crippen LogP contribution in [-0.2, 0) is 6.54 Å². The Morgan fingerprint density at radius 2 is 2.30 bits per heavy atom. The topological polar surface area (TPSA) is 35.5 Å². The molecule has 0 amide bonds. The highest BCUT2D eigenvalue weighted by molar-refractivity contribution is 5.62. The summed E-state index contributed by atoms with van der Waals surface area (Å²) in [7, 11) is 0. The smallest absolute Gasteiger partial charge is 0.0667 e. The third kappa shape index (κ3) is 3.05. The summed E-state index contributed by atoms with van der Waals surface area (Å²) in [5.41, 5.74) is 5.46. The van der Waals surface area contributed by atoms with E-state index in [2.05, 4.69) is 41.4 Å². The number of benzene rings is 1. The number of hydrogen-bond donors (Lipinski definition) is 2. The fraction of sp³-hybridized carbons (Fsp3) is 0.529. The molecule has 1 saturated heterocycles. The van der Waals surface area contributed by atoms with Gasteiger partial charge in [-0.2, -0.15) is 0 Å². The summed E-state index contributed by atoms with van der Waals surface area (Å²) >= 11 is 0. The molecule has 3 heteroatoms. The predicted molar refractivity (Wildman–Crippen MR) is 82.3 cm³/mol. The third-order valence-corrected chi connectivity index (χ3v) is 4.42. The number of rotatable bonds is 3. The summed E-state index contributed by atoms with van der Waals surface area (Å²) in [6.07, 6.45) is 5.30. The number of piperidine rings is 1. The normalized spacial score (nSPS) is 22.9. The third-order valence-electron chi connectivity index (χ3n) is 4.42. The summed E-state index contributed by atoms with van der Waals surface area (Å²) in [5, 5.41) is 13.2. The second kappa shape index (κ2) is 5.98. The lowest BCUT2D eigenvalue weighted by molar-refractivity contribution is 0.0712. The van der Waals surface area contributed by atoms with Gasteiger partial charge in [0.25, 0.3) is 0 Å². The highest BCUT2D eigenvalue weighted by Crippen LogP contribution is 2.23. The lowest BCUT2D eigenvalue weighted by Crippen LogP contribution is -2.39. The maximum atomic E-state index is 9.71. The van der Waals surface area contributed by atoms with Gasteiger partial charge in [-0.25, -0.2) is 0 Å². The van der Waals surface area contributed by atoms with Gasteiger partial charge in [-0.05, 0) is 55.5 Å². The van der Waals surface area contributed by atoms with Crippen molar-refractivity contribution in [1.82, 2.24) is 10.2 Å². The molecular weight excluding hydrogens is 248 g/mol. The van der Waals surface area contributed by atoms with Crippen molar-refractivity contribution in [3.8, 4) is 0 Å². The maximum absolute atomic E-state index is 9.71. The Morgan fingerprint density at radius 1 is 1.40 bits per heavy atom. The molecule has 0 aromatic heterocycles. The number of nitrogens with zero attached hydrogens (tertiary/aromatic N) is 1. The van der Waals surface area contributed by atoms with E-state index in [0.717, 1.165) is 45.4 Å². The zero-order chi connectivity index (χ0) is 13.9. The van der Waals surface area contributed by atoms with Crippen LogP contribution in [0.1, 0.15) is 36.0 Å². The van der Waals surface area contributed by atoms with Crippen molar-refractivity contribution in [2.24, 2.45) is 0 Å². The monoisotopic (exact) mass is 272 g/mol. The number of aryl methyl sites for hydroxylation is 1. The Hall–Kier alpha value is -1.32. The molecule has 2 N–H and O–H groups in total. The van der Waals surface area contributed by atoms with Crippen molar-refractivity contribution in [3.63, 3.8) is 0 Å². The van der Waals surface area contributed by atoms with E-state index < -0.39 is 0 Å². The molecule has 1 aromatic rings. The molecule has 108 valence electrons. The van der Waals surface area contributed by atoms with Crippen molar-refractivity contribution in [3.05, 3.63) is 40.6 Å². The first kappa shape index (κ1) is 13.7. The summed E-state index contributed by atoms with van der Waals surface area (Å²) in [5.74, 6) is 0. The lowest BCUT2D eigenvalue weighted by Gasteiger charge is -2.30. The molecule has 1 aromatic carbocycles. The molecule has 0 spiro atoms. The molecule has 1 atom stereocenters. The molecule has 0 bridgehead atoms. The van der Waals surface area contributed by atoms with Crippen LogP contribution in [0.4, 0.5) is 0 Å². The number of hydrogen-bond acceptors (Lipinski definition) is 3. The van der Waals surface area contributed by atoms with Gasteiger partial charge in [0, 0.05) is 25.3 Å². The number of nitrogens with one attached hydrogen (secondary N) is 1. The van der Waals surface area contributed by atoms with Crippen LogP contribution >= 0.6 is 0 Å². The highest BCUT2D eigenvalue weighted by Gasteiger charge is 2.18. The standard InChI is InChI=1S/C17H24N2O/c1-13-4-2-5-14-11-18-15(10-17(13)14)7-9-19-8-3-6-16(20)12-19/h2,4-5,10,16,18,20H,3,6-9,11-12H2,1H3/t16-/m1/s1. The highest BCUT2D eigenvalue weighted by atomic mass is 16.3. The molecule has 2 aliphatic heterocycles. The first-order valence-corrected chi connectivity index (χ1v) is 7.66. The summed E-state index contributed by atoms with van der Waals surface area (Å²) in [6, 6.07) is 6.51. The van der Waals surface area contributed by atoms with Crippen LogP contribution in [0.5, 0.6) is 0 Å². The van der Waals surface area contributed by atoms with E-state index in [1.165, 1.54) is 22.4 Å². The van der Waals surface area contributed by atoms with Crippen LogP contribution in [0, 0.1) is 6.92 Å². The van der Waals surface area contributed by atoms with Gasteiger partial charge in [0.1, 0.15) is 0 Å². The first-order chi connectivity index (χ1) is 9.72. The Balaban J connectivity index is 1.63. The fourth-order valence-electron chi connectivity index (χ4n) is 3.21. The van der Waals surface area contributed by atoms with Gasteiger partial charge in [-0.3, -0.25) is 0 Å². The van der Waals surface area contributed by atoms with Crippen molar-refractivity contribution in [2.45, 2.75) is 38.8 Å². The molecule has 1 fully saturated rings. The van der Waals surface area contributed by atoms with Gasteiger partial charge in [0.2, 0.25) is 0 Å². The van der Waals surface area contributed by atoms with Gasteiger partial charge in [-0.15, -0.1) is 0 Å². The zero-order valence-corrected chi connectivity index (χ0v) is 12.2. The van der Waals surface area contributed by atoms with E-state index in [4.69, 9.17) is 0 Å². The van der Waals surface area contributed by atoms with Crippen LogP contribution in [0.2, 0.25) is 0 Å². The molecule has 3 rings (SSSR count). The maximum Gasteiger partial charge on any atom is 0.0667 e. The average molecular weight is 272 g/mol. The molecular formula is C17H24N2O. The van der Waals surface area contributed by atoms with Gasteiger partial charge in [0.15, 0.2) is 0 Å². The predicted octanol–water partition coefficient (Wildman–Crippen LogP) is 2.29. The Morgan fingerprint density at radius 3 is 3.15 bits per heavy atom. The van der Waals surface area contributed by atoms with Crippen LogP contribution in [-0.4, -0.2) is 35.7 Å². The number of fused-ring (bicyclic) bond motifs is 1. The number of aliphatic hydroxyl groups is 1. The Kier molecular flexibility index (Phi) is 4.08. The Bertz CT molecular complexity index is 510. The lowest BCUT2D eigenvalue weighted by atomic mass is 9.97. The van der Waals surface area contributed by atoms with Crippen LogP contribution in [0.15, 0.2) is 23.9 Å². The van der Waals surface area contributed by atoms with Crippen LogP contribution < -0.4 is 5.32 Å². The van der Waals surface area contributed by atoms with E-state index in [1.807, 2.05) is 0 Å². The van der Waals surface area contributed by atoms with E-state index in [0.29, 0.717) is 0 Å². The van der Waals surface area contributed by atoms with E-state index in [9.17, 15) is 5.11 Å². The minimum absolute atomic E-state index is 0.125. The minimum atomic E-state index is -0.125. The molecule has 0 saturated carbocycles. The van der Waals surface area contributed by atoms with E-state index in [-0.39, 0.29) is 6.10 Å². The van der Waals surface area contributed by atoms with Crippen LogP contribution in [0.3, 0.4) is 0 Å². The van der Waals surface area contributed by atoms with Gasteiger partial charge < -0.3 is 15.3 Å². The zero-order valence-electron chi connectivity index (χ0n) is 12.2. The Labute approximate surface area is 121 Å². The van der Waals surface area contributed by atoms with Crippen molar-refractivity contribution < 1.29 is 5.11 Å². The van der Waals surface area contributed by atoms with Crippen LogP contribution in [0.25, 0.3) is 6.08 Å². The number of likely N-dealkylation sites (tertiary alicyclic amines) is 1. The molecule has 2 heterocycles. The second-order valence-electron chi connectivity index (χ2n) is 6.02. The van der Waals surface area contributed by atoms with Gasteiger partial charge in [-0.1, -0.05) is 18.2 Å². The summed E-state index contributed by atoms with van der Waals surface area (Å²) in [6.45, 7) is 6.12. The SMILES string of the molecule is Cc1cccc2c1C=C(CCN1CCC[C@@H](O)C1)NC2. The van der Waals surface area contributed by atoms with Crippen molar-refractivity contribution in [1.29, 1.82) is 0 Å². The number of β-amino-alcohol motifs (C(OH)–C–C–N with tert-alkyl or cyclic N) is 1. The average Bonchev–Trinajstić information content (AvgIpc) is 2.46. The molecule has 0 aliphatic carbocycles. The first-order valence-electron chi connectivity index (χ1n) is 7.66. The quantitative estimate of drug-likeness (QED) is 0.886. The molecule has 0 radical (unpaired) electrons. The summed E-state index contributed by atoms with van der Waals surface area (Å²) in [4.78, 5) is 2.38. The molecule has 3 nitrogen and oxygen atoms in total. The van der Waals surface area contributed by atoms with E-state index in [1.54, 1.807) is 0 Å². The molecule has 20 heavy (non-hydrogen) atoms. The van der Waals surface area contributed by atoms with Crippen molar-refractivity contribution in [2.75, 3.05) is 19.6 Å². The van der Waals surface area contributed by atoms with Gasteiger partial charge in [0.05, 0.1) is 6.10 Å². The fourth-order valence-corrected chi connectivity index (χ4v) is 3.21. The molecule has 2 aliphatic rings. The minimum Gasteiger partial charge on any atom is -0.392 e. The van der Waals surface area contributed by atoms with Crippen molar-refractivity contribution >= 4 is 6.08 Å². The second-order valence-corrected chi connectivity index (χ2v) is 6.02. The largest absolute Gasteiger partial charge is 0.392 e. The van der Waals surface area contributed by atoms with E-state index >= 15 is 0 Å². The summed E-state index contributed by atoms with van der Waals surface area (Å²) < 4.78 is 0. The number of aliphatic hydroxyl groups excluding tert-OH is 1.